The molecule has 2 aliphatic rings. The zero-order chi connectivity index (χ0) is 17.1. The molecule has 2 fully saturated rings. The number of nitriles is 1. The normalized spacial score (nSPS) is 21.0. The quantitative estimate of drug-likeness (QED) is 0.895. The summed E-state index contributed by atoms with van der Waals surface area (Å²) in [4.78, 5) is 15.0. The average molecular weight is 348 g/mol. The lowest BCUT2D eigenvalue weighted by molar-refractivity contribution is 0.155. The minimum absolute atomic E-state index is 0.172. The van der Waals surface area contributed by atoms with Gasteiger partial charge in [0.1, 0.15) is 6.07 Å². The van der Waals surface area contributed by atoms with Crippen LogP contribution in [0.5, 0.6) is 0 Å². The van der Waals surface area contributed by atoms with Gasteiger partial charge in [0.15, 0.2) is 0 Å². The summed E-state index contributed by atoms with van der Waals surface area (Å²) >= 11 is 6.22. The van der Waals surface area contributed by atoms with Crippen molar-refractivity contribution in [1.82, 2.24) is 4.90 Å². The van der Waals surface area contributed by atoms with Crippen molar-refractivity contribution < 1.29 is 9.90 Å². The van der Waals surface area contributed by atoms with E-state index in [2.05, 4.69) is 11.0 Å². The van der Waals surface area contributed by atoms with Crippen LogP contribution >= 0.6 is 11.6 Å². The predicted octanol–water partition coefficient (Wildman–Crippen LogP) is 3.96. The first-order valence-corrected chi connectivity index (χ1v) is 8.90. The molecule has 1 heterocycles. The molecule has 1 aromatic carbocycles. The lowest BCUT2D eigenvalue weighted by atomic mass is 10.0. The maximum absolute atomic E-state index is 11.2. The van der Waals surface area contributed by atoms with Crippen LogP contribution in [0, 0.1) is 17.2 Å². The van der Waals surface area contributed by atoms with Gasteiger partial charge in [-0.3, -0.25) is 0 Å². The van der Waals surface area contributed by atoms with Gasteiger partial charge < -0.3 is 14.9 Å². The molecule has 5 nitrogen and oxygen atoms in total. The van der Waals surface area contributed by atoms with Gasteiger partial charge in [-0.05, 0) is 43.4 Å². The molecule has 1 aliphatic carbocycles. The van der Waals surface area contributed by atoms with E-state index in [1.165, 1.54) is 30.6 Å². The fourth-order valence-corrected chi connectivity index (χ4v) is 4.10. The lowest BCUT2D eigenvalue weighted by Gasteiger charge is -2.33. The summed E-state index contributed by atoms with van der Waals surface area (Å²) in [6.45, 7) is 2.03. The van der Waals surface area contributed by atoms with E-state index in [0.717, 1.165) is 18.7 Å². The van der Waals surface area contributed by atoms with E-state index in [1.54, 1.807) is 6.07 Å². The number of benzene rings is 1. The van der Waals surface area contributed by atoms with Gasteiger partial charge >= 0.3 is 6.09 Å². The number of anilines is 1. The van der Waals surface area contributed by atoms with Gasteiger partial charge in [-0.1, -0.05) is 24.4 Å². The van der Waals surface area contributed by atoms with Gasteiger partial charge in [-0.2, -0.15) is 5.26 Å². The molecule has 0 aromatic heterocycles. The highest BCUT2D eigenvalue weighted by molar-refractivity contribution is 6.32. The average Bonchev–Trinajstić information content (AvgIpc) is 3.24. The van der Waals surface area contributed by atoms with E-state index in [4.69, 9.17) is 16.9 Å². The molecular weight excluding hydrogens is 326 g/mol. The summed E-state index contributed by atoms with van der Waals surface area (Å²) in [7, 11) is 0. The van der Waals surface area contributed by atoms with Crippen LogP contribution in [0.25, 0.3) is 0 Å². The Morgan fingerprint density at radius 3 is 2.71 bits per heavy atom. The maximum atomic E-state index is 11.2. The van der Waals surface area contributed by atoms with Crippen molar-refractivity contribution in [3.8, 4) is 6.07 Å². The molecule has 1 N–H and O–H groups in total. The highest BCUT2D eigenvalue weighted by Gasteiger charge is 2.32. The number of likely N-dealkylation sites (tertiary alicyclic amines) is 1. The number of hydrogen-bond acceptors (Lipinski definition) is 3. The molecule has 3 rings (SSSR count). The molecule has 24 heavy (non-hydrogen) atoms. The van der Waals surface area contributed by atoms with Crippen LogP contribution in [0.3, 0.4) is 0 Å². The number of carboxylic acid groups (broad SMARTS) is 1. The number of halogens is 1. The number of carbonyl (C=O) groups is 1. The summed E-state index contributed by atoms with van der Waals surface area (Å²) in [6, 6.07) is 7.79. The largest absolute Gasteiger partial charge is 0.465 e. The van der Waals surface area contributed by atoms with Crippen molar-refractivity contribution in [1.29, 1.82) is 5.26 Å². The van der Waals surface area contributed by atoms with E-state index in [0.29, 0.717) is 29.6 Å². The van der Waals surface area contributed by atoms with Crippen LogP contribution < -0.4 is 4.90 Å². The van der Waals surface area contributed by atoms with Crippen molar-refractivity contribution in [2.24, 2.45) is 5.92 Å². The molecule has 0 bridgehead atoms. The molecule has 0 unspecified atom stereocenters. The first kappa shape index (κ1) is 16.9. The summed E-state index contributed by atoms with van der Waals surface area (Å²) in [5.41, 5.74) is 1.46. The molecular formula is C18H22ClN3O2. The molecule has 1 atom stereocenters. The Kier molecular flexibility index (Phi) is 5.15. The SMILES string of the molecule is N#Cc1ccc(N(CC2CCCC2)[C@H]2CCN(C(=O)O)C2)cc1Cl. The predicted molar refractivity (Wildman–Crippen MR) is 93.5 cm³/mol. The standard InChI is InChI=1S/C18H22ClN3O2/c19-17-9-15(6-5-14(17)10-20)22(11-13-3-1-2-4-13)16-7-8-21(12-16)18(23)24/h5-6,9,13,16H,1-4,7-8,11-12H2,(H,23,24)/t16-/m0/s1. The fraction of sp³-hybridized carbons (Fsp3) is 0.556. The Bertz CT molecular complexity index is 652. The smallest absolute Gasteiger partial charge is 0.407 e. The third-order valence-electron chi connectivity index (χ3n) is 5.21. The van der Waals surface area contributed by atoms with Crippen molar-refractivity contribution in [2.75, 3.05) is 24.5 Å². The zero-order valence-corrected chi connectivity index (χ0v) is 14.4. The summed E-state index contributed by atoms with van der Waals surface area (Å²) in [6.07, 6.45) is 5.00. The van der Waals surface area contributed by atoms with Crippen molar-refractivity contribution in [3.05, 3.63) is 28.8 Å². The van der Waals surface area contributed by atoms with E-state index in [9.17, 15) is 9.90 Å². The Hall–Kier alpha value is -1.93. The number of rotatable bonds is 4. The third-order valence-corrected chi connectivity index (χ3v) is 5.52. The molecule has 1 aliphatic heterocycles. The summed E-state index contributed by atoms with van der Waals surface area (Å²) in [5, 5.41) is 18.8. The van der Waals surface area contributed by atoms with Gasteiger partial charge in [0.2, 0.25) is 0 Å². The Balaban J connectivity index is 1.83. The van der Waals surface area contributed by atoms with Crippen LogP contribution in [0.4, 0.5) is 10.5 Å². The van der Waals surface area contributed by atoms with E-state index >= 15 is 0 Å². The zero-order valence-electron chi connectivity index (χ0n) is 13.6. The summed E-state index contributed by atoms with van der Waals surface area (Å²) < 4.78 is 0. The Morgan fingerprint density at radius 2 is 2.12 bits per heavy atom. The number of nitrogens with zero attached hydrogens (tertiary/aromatic N) is 3. The summed E-state index contributed by atoms with van der Waals surface area (Å²) in [5.74, 6) is 0.651. The van der Waals surface area contributed by atoms with Crippen LogP contribution in [0.15, 0.2) is 18.2 Å². The minimum Gasteiger partial charge on any atom is -0.465 e. The molecule has 0 spiro atoms. The monoisotopic (exact) mass is 347 g/mol. The van der Waals surface area contributed by atoms with Crippen LogP contribution in [-0.2, 0) is 0 Å². The van der Waals surface area contributed by atoms with E-state index in [1.807, 2.05) is 12.1 Å². The third kappa shape index (κ3) is 3.59. The maximum Gasteiger partial charge on any atom is 0.407 e. The van der Waals surface area contributed by atoms with Gasteiger partial charge in [0.25, 0.3) is 0 Å². The van der Waals surface area contributed by atoms with Crippen LogP contribution in [0.2, 0.25) is 5.02 Å². The molecule has 1 saturated carbocycles. The van der Waals surface area contributed by atoms with Gasteiger partial charge in [0.05, 0.1) is 10.6 Å². The second-order valence-corrected chi connectivity index (χ2v) is 7.16. The highest BCUT2D eigenvalue weighted by atomic mass is 35.5. The van der Waals surface area contributed by atoms with Crippen LogP contribution in [0.1, 0.15) is 37.7 Å². The lowest BCUT2D eigenvalue weighted by Crippen LogP contribution is -2.41. The van der Waals surface area contributed by atoms with Crippen molar-refractivity contribution in [2.45, 2.75) is 38.1 Å². The molecule has 128 valence electrons. The Morgan fingerprint density at radius 1 is 1.38 bits per heavy atom. The van der Waals surface area contributed by atoms with Crippen LogP contribution in [-0.4, -0.2) is 41.8 Å². The molecule has 0 radical (unpaired) electrons. The fourth-order valence-electron chi connectivity index (χ4n) is 3.88. The van der Waals surface area contributed by atoms with Crippen molar-refractivity contribution >= 4 is 23.4 Å². The van der Waals surface area contributed by atoms with Gasteiger partial charge in [0, 0.05) is 31.4 Å². The molecule has 6 heteroatoms. The second kappa shape index (κ2) is 7.31. The molecule has 1 amide bonds. The minimum atomic E-state index is -0.851. The van der Waals surface area contributed by atoms with E-state index < -0.39 is 6.09 Å². The van der Waals surface area contributed by atoms with E-state index in [-0.39, 0.29) is 6.04 Å². The van der Waals surface area contributed by atoms with Gasteiger partial charge in [-0.15, -0.1) is 0 Å². The van der Waals surface area contributed by atoms with Gasteiger partial charge in [-0.25, -0.2) is 4.79 Å². The Labute approximate surface area is 147 Å². The topological polar surface area (TPSA) is 67.6 Å². The first-order valence-electron chi connectivity index (χ1n) is 8.52. The molecule has 1 aromatic rings. The second-order valence-electron chi connectivity index (χ2n) is 6.75. The van der Waals surface area contributed by atoms with Crippen molar-refractivity contribution in [3.63, 3.8) is 0 Å². The highest BCUT2D eigenvalue weighted by Crippen LogP contribution is 2.32. The number of amides is 1. The number of hydrogen-bond donors (Lipinski definition) is 1. The first-order chi connectivity index (χ1) is 11.6. The molecule has 1 saturated heterocycles.